The first-order valence-corrected chi connectivity index (χ1v) is 5.83. The third-order valence-corrected chi connectivity index (χ3v) is 3.54. The second-order valence-corrected chi connectivity index (χ2v) is 4.59. The molecule has 0 amide bonds. The highest BCUT2D eigenvalue weighted by molar-refractivity contribution is 6.38. The van der Waals surface area contributed by atoms with Crippen LogP contribution in [0, 0.1) is 15.9 Å². The molecule has 0 bridgehead atoms. The average molecular weight is 279 g/mol. The summed E-state index contributed by atoms with van der Waals surface area (Å²) in [5, 5.41) is 13.3. The van der Waals surface area contributed by atoms with Crippen molar-refractivity contribution in [1.82, 2.24) is 5.32 Å². The number of rotatable bonds is 2. The van der Waals surface area contributed by atoms with Gasteiger partial charge < -0.3 is 5.32 Å². The van der Waals surface area contributed by atoms with Crippen molar-refractivity contribution in [3.63, 3.8) is 0 Å². The van der Waals surface area contributed by atoms with Crippen LogP contribution >= 0.6 is 23.2 Å². The average Bonchev–Trinajstić information content (AvgIpc) is 2.76. The van der Waals surface area contributed by atoms with Crippen LogP contribution in [0.1, 0.15) is 24.4 Å². The Bertz CT molecular complexity index is 476. The number of nitrogens with one attached hydrogen (secondary N) is 1. The van der Waals surface area contributed by atoms with E-state index >= 15 is 0 Å². The zero-order valence-corrected chi connectivity index (χ0v) is 10.2. The Morgan fingerprint density at radius 1 is 1.47 bits per heavy atom. The molecule has 0 unspecified atom stereocenters. The van der Waals surface area contributed by atoms with E-state index in [-0.39, 0.29) is 11.1 Å². The first kappa shape index (κ1) is 12.5. The Balaban J connectivity index is 2.57. The van der Waals surface area contributed by atoms with Gasteiger partial charge in [-0.1, -0.05) is 23.2 Å². The van der Waals surface area contributed by atoms with E-state index in [2.05, 4.69) is 5.32 Å². The molecule has 1 aromatic carbocycles. The Labute approximate surface area is 107 Å². The quantitative estimate of drug-likeness (QED) is 0.512. The number of halogens is 3. The lowest BCUT2D eigenvalue weighted by Gasteiger charge is -2.13. The monoisotopic (exact) mass is 278 g/mol. The molecule has 0 spiro atoms. The molecule has 1 aromatic rings. The van der Waals surface area contributed by atoms with Crippen LogP contribution in [0.5, 0.6) is 0 Å². The second-order valence-electron chi connectivity index (χ2n) is 3.83. The highest BCUT2D eigenvalue weighted by Gasteiger charge is 2.29. The van der Waals surface area contributed by atoms with E-state index in [0.29, 0.717) is 5.56 Å². The molecule has 1 fully saturated rings. The van der Waals surface area contributed by atoms with Crippen LogP contribution < -0.4 is 5.32 Å². The third kappa shape index (κ3) is 2.22. The van der Waals surface area contributed by atoms with Crippen LogP contribution in [-0.4, -0.2) is 11.5 Å². The molecular weight excluding hydrogens is 270 g/mol. The lowest BCUT2D eigenvalue weighted by atomic mass is 10.0. The molecule has 1 aliphatic rings. The molecule has 1 heterocycles. The molecule has 0 radical (unpaired) electrons. The maximum atomic E-state index is 13.5. The highest BCUT2D eigenvalue weighted by Crippen LogP contribution is 2.41. The summed E-state index contributed by atoms with van der Waals surface area (Å²) in [5.74, 6) is -0.813. The van der Waals surface area contributed by atoms with E-state index in [1.165, 1.54) is 6.07 Å². The van der Waals surface area contributed by atoms with Gasteiger partial charge in [-0.2, -0.15) is 0 Å². The summed E-state index contributed by atoms with van der Waals surface area (Å²) >= 11 is 11.5. The summed E-state index contributed by atoms with van der Waals surface area (Å²) in [4.78, 5) is 10.1. The van der Waals surface area contributed by atoms with E-state index < -0.39 is 21.5 Å². The van der Waals surface area contributed by atoms with Crippen LogP contribution in [0.15, 0.2) is 6.07 Å². The van der Waals surface area contributed by atoms with Crippen molar-refractivity contribution in [3.05, 3.63) is 37.6 Å². The van der Waals surface area contributed by atoms with E-state index in [1.54, 1.807) is 0 Å². The van der Waals surface area contributed by atoms with E-state index in [0.717, 1.165) is 19.4 Å². The molecule has 0 saturated carbocycles. The van der Waals surface area contributed by atoms with Gasteiger partial charge >= 0.3 is 5.69 Å². The third-order valence-electron chi connectivity index (χ3n) is 2.78. The lowest BCUT2D eigenvalue weighted by molar-refractivity contribution is -0.384. The molecule has 1 atom stereocenters. The molecule has 0 aliphatic carbocycles. The molecule has 17 heavy (non-hydrogen) atoms. The van der Waals surface area contributed by atoms with Crippen LogP contribution in [-0.2, 0) is 0 Å². The molecule has 1 saturated heterocycles. The van der Waals surface area contributed by atoms with Crippen molar-refractivity contribution < 1.29 is 9.31 Å². The first-order valence-electron chi connectivity index (χ1n) is 5.07. The van der Waals surface area contributed by atoms with Gasteiger partial charge in [0, 0.05) is 6.04 Å². The van der Waals surface area contributed by atoms with Crippen LogP contribution in [0.2, 0.25) is 10.0 Å². The van der Waals surface area contributed by atoms with Gasteiger partial charge in [-0.15, -0.1) is 0 Å². The number of hydrogen-bond donors (Lipinski definition) is 1. The second kappa shape index (κ2) is 4.76. The van der Waals surface area contributed by atoms with Gasteiger partial charge in [0.25, 0.3) is 0 Å². The number of hydrogen-bond acceptors (Lipinski definition) is 3. The van der Waals surface area contributed by atoms with Crippen LogP contribution in [0.4, 0.5) is 10.1 Å². The Morgan fingerprint density at radius 2 is 2.18 bits per heavy atom. The lowest BCUT2D eigenvalue weighted by Crippen LogP contribution is -2.14. The Hall–Kier alpha value is -0.910. The summed E-state index contributed by atoms with van der Waals surface area (Å²) in [6.45, 7) is 0.791. The fourth-order valence-electron chi connectivity index (χ4n) is 1.97. The van der Waals surface area contributed by atoms with Crippen molar-refractivity contribution in [2.75, 3.05) is 6.54 Å². The Kier molecular flexibility index (Phi) is 3.51. The summed E-state index contributed by atoms with van der Waals surface area (Å²) in [7, 11) is 0. The summed E-state index contributed by atoms with van der Waals surface area (Å²) < 4.78 is 13.5. The fraction of sp³-hybridized carbons (Fsp3) is 0.400. The van der Waals surface area contributed by atoms with Crippen molar-refractivity contribution in [1.29, 1.82) is 0 Å². The summed E-state index contributed by atoms with van der Waals surface area (Å²) in [6.07, 6.45) is 1.71. The molecule has 1 N–H and O–H groups in total. The normalized spacial score (nSPS) is 19.6. The number of nitro benzene ring substituents is 1. The van der Waals surface area contributed by atoms with Crippen LogP contribution in [0.3, 0.4) is 0 Å². The number of nitro groups is 1. The minimum atomic E-state index is -0.813. The number of nitrogens with zero attached hydrogens (tertiary/aromatic N) is 1. The maximum absolute atomic E-state index is 13.5. The highest BCUT2D eigenvalue weighted by atomic mass is 35.5. The van der Waals surface area contributed by atoms with E-state index in [1.807, 2.05) is 0 Å². The van der Waals surface area contributed by atoms with Gasteiger partial charge in [-0.3, -0.25) is 10.1 Å². The van der Waals surface area contributed by atoms with Crippen LogP contribution in [0.25, 0.3) is 0 Å². The van der Waals surface area contributed by atoms with Crippen molar-refractivity contribution >= 4 is 28.9 Å². The minimum Gasteiger partial charge on any atom is -0.310 e. The molecule has 0 aromatic heterocycles. The molecule has 92 valence electrons. The van der Waals surface area contributed by atoms with Crippen molar-refractivity contribution in [2.24, 2.45) is 0 Å². The topological polar surface area (TPSA) is 55.2 Å². The predicted octanol–water partition coefficient (Wildman–Crippen LogP) is 3.47. The van der Waals surface area contributed by atoms with E-state index in [4.69, 9.17) is 23.2 Å². The van der Waals surface area contributed by atoms with Gasteiger partial charge in [0.1, 0.15) is 10.8 Å². The fourth-order valence-corrected chi connectivity index (χ4v) is 2.59. The molecular formula is C10H9Cl2FN2O2. The summed E-state index contributed by atoms with van der Waals surface area (Å²) in [6, 6.07) is 1.02. The standard InChI is InChI=1S/C10H9Cl2FN2O2/c11-8-5(7-2-1-3-14-7)4-6(13)9(12)10(8)15(16)17/h4,7,14H,1-3H2/t7-/m1/s1. The van der Waals surface area contributed by atoms with Gasteiger partial charge in [0.2, 0.25) is 0 Å². The van der Waals surface area contributed by atoms with Crippen molar-refractivity contribution in [2.45, 2.75) is 18.9 Å². The van der Waals surface area contributed by atoms with Gasteiger partial charge in [-0.25, -0.2) is 4.39 Å². The Morgan fingerprint density at radius 3 is 2.71 bits per heavy atom. The molecule has 2 rings (SSSR count). The van der Waals surface area contributed by atoms with E-state index in [9.17, 15) is 14.5 Å². The minimum absolute atomic E-state index is 0.0826. The maximum Gasteiger partial charge on any atom is 0.309 e. The molecule has 7 heteroatoms. The van der Waals surface area contributed by atoms with Gasteiger partial charge in [-0.05, 0) is 31.0 Å². The molecule has 4 nitrogen and oxygen atoms in total. The smallest absolute Gasteiger partial charge is 0.309 e. The van der Waals surface area contributed by atoms with Gasteiger partial charge in [0.05, 0.1) is 4.92 Å². The van der Waals surface area contributed by atoms with Crippen molar-refractivity contribution in [3.8, 4) is 0 Å². The zero-order chi connectivity index (χ0) is 12.6. The zero-order valence-electron chi connectivity index (χ0n) is 8.67. The molecule has 1 aliphatic heterocycles. The largest absolute Gasteiger partial charge is 0.310 e. The van der Waals surface area contributed by atoms with Gasteiger partial charge in [0.15, 0.2) is 5.02 Å². The predicted molar refractivity (Wildman–Crippen MR) is 63.1 cm³/mol. The SMILES string of the molecule is O=[N+]([O-])c1c(Cl)c(F)cc([C@H]2CCCN2)c1Cl. The summed E-state index contributed by atoms with van der Waals surface area (Å²) in [5.41, 5.74) is -0.158. The number of benzene rings is 1. The first-order chi connectivity index (χ1) is 8.02.